The number of esters is 1. The van der Waals surface area contributed by atoms with Crippen molar-refractivity contribution < 1.29 is 22.1 Å². The van der Waals surface area contributed by atoms with Gasteiger partial charge in [0.05, 0.1) is 25.9 Å². The number of ether oxygens (including phenoxy) is 1. The Balaban J connectivity index is 2.57. The molecule has 0 radical (unpaired) electrons. The molecule has 1 rings (SSSR count). The smallest absolute Gasteiger partial charge is 0.309 e. The molecule has 6 heteroatoms. The van der Waals surface area contributed by atoms with E-state index in [2.05, 4.69) is 0 Å². The molecule has 94 valence electrons. The summed E-state index contributed by atoms with van der Waals surface area (Å²) in [4.78, 5) is 11.5. The van der Waals surface area contributed by atoms with Crippen LogP contribution in [0.3, 0.4) is 0 Å². The molecule has 1 aliphatic carbocycles. The van der Waals surface area contributed by atoms with Crippen molar-refractivity contribution in [1.82, 2.24) is 0 Å². The van der Waals surface area contributed by atoms with E-state index < -0.39 is 10.1 Å². The largest absolute Gasteiger partial charge is 0.469 e. The van der Waals surface area contributed by atoms with Crippen molar-refractivity contribution >= 4 is 16.1 Å². The molecule has 16 heavy (non-hydrogen) atoms. The minimum Gasteiger partial charge on any atom is -0.469 e. The Kier molecular flexibility index (Phi) is 4.73. The zero-order valence-electron chi connectivity index (χ0n) is 9.64. The lowest BCUT2D eigenvalue weighted by molar-refractivity contribution is -0.149. The standard InChI is InChI=1S/C10H18O5S/c1-14-10(11)9-6-4-3-5-8(9)7-15-16(2,12)13/h8-9H,3-7H2,1-2H3/t8-,9+/m1/s1. The number of methoxy groups -OCH3 is 1. The lowest BCUT2D eigenvalue weighted by Crippen LogP contribution is -2.31. The predicted octanol–water partition coefficient (Wildman–Crippen LogP) is 0.942. The second-order valence-corrected chi connectivity index (χ2v) is 5.81. The van der Waals surface area contributed by atoms with Crippen molar-refractivity contribution in [3.05, 3.63) is 0 Å². The van der Waals surface area contributed by atoms with Crippen molar-refractivity contribution in [3.8, 4) is 0 Å². The van der Waals surface area contributed by atoms with Gasteiger partial charge >= 0.3 is 5.97 Å². The number of hydrogen-bond acceptors (Lipinski definition) is 5. The molecule has 1 saturated carbocycles. The maximum absolute atomic E-state index is 11.5. The molecule has 0 amide bonds. The van der Waals surface area contributed by atoms with Gasteiger partial charge in [0, 0.05) is 0 Å². The van der Waals surface area contributed by atoms with Gasteiger partial charge in [0.25, 0.3) is 10.1 Å². The van der Waals surface area contributed by atoms with Gasteiger partial charge in [0.2, 0.25) is 0 Å². The number of carbonyl (C=O) groups excluding carboxylic acids is 1. The third kappa shape index (κ3) is 4.09. The van der Waals surface area contributed by atoms with E-state index in [0.717, 1.165) is 31.9 Å². The van der Waals surface area contributed by atoms with E-state index in [0.29, 0.717) is 0 Å². The highest BCUT2D eigenvalue weighted by Gasteiger charge is 2.32. The Morgan fingerprint density at radius 1 is 1.31 bits per heavy atom. The maximum atomic E-state index is 11.5. The molecule has 0 aromatic rings. The molecule has 1 aliphatic rings. The molecule has 1 fully saturated rings. The van der Waals surface area contributed by atoms with E-state index in [1.54, 1.807) is 0 Å². The average molecular weight is 250 g/mol. The SMILES string of the molecule is COC(=O)[C@H]1CCCC[C@@H]1COS(C)(=O)=O. The van der Waals surface area contributed by atoms with Crippen LogP contribution in [0.1, 0.15) is 25.7 Å². The van der Waals surface area contributed by atoms with Crippen LogP contribution in [0.25, 0.3) is 0 Å². The summed E-state index contributed by atoms with van der Waals surface area (Å²) in [7, 11) is -2.08. The molecular weight excluding hydrogens is 232 g/mol. The van der Waals surface area contributed by atoms with Crippen LogP contribution in [0.5, 0.6) is 0 Å². The van der Waals surface area contributed by atoms with Crippen LogP contribution in [0.4, 0.5) is 0 Å². The maximum Gasteiger partial charge on any atom is 0.309 e. The highest BCUT2D eigenvalue weighted by atomic mass is 32.2. The highest BCUT2D eigenvalue weighted by Crippen LogP contribution is 2.31. The van der Waals surface area contributed by atoms with Crippen LogP contribution in [0.2, 0.25) is 0 Å². The van der Waals surface area contributed by atoms with Crippen LogP contribution in [-0.2, 0) is 23.8 Å². The lowest BCUT2D eigenvalue weighted by Gasteiger charge is -2.28. The van der Waals surface area contributed by atoms with E-state index in [1.165, 1.54) is 7.11 Å². The van der Waals surface area contributed by atoms with Crippen molar-refractivity contribution in [2.45, 2.75) is 25.7 Å². The summed E-state index contributed by atoms with van der Waals surface area (Å²) >= 11 is 0. The first kappa shape index (κ1) is 13.4. The monoisotopic (exact) mass is 250 g/mol. The minimum absolute atomic E-state index is 0.0454. The first-order valence-corrected chi connectivity index (χ1v) is 7.18. The van der Waals surface area contributed by atoms with Gasteiger partial charge in [0.1, 0.15) is 0 Å². The van der Waals surface area contributed by atoms with Crippen LogP contribution in [0, 0.1) is 11.8 Å². The van der Waals surface area contributed by atoms with Gasteiger partial charge < -0.3 is 4.74 Å². The third-order valence-electron chi connectivity index (χ3n) is 2.91. The molecule has 2 atom stereocenters. The lowest BCUT2D eigenvalue weighted by atomic mass is 9.80. The van der Waals surface area contributed by atoms with Crippen LogP contribution in [-0.4, -0.2) is 34.4 Å². The Bertz CT molecular complexity index is 335. The van der Waals surface area contributed by atoms with E-state index in [9.17, 15) is 13.2 Å². The number of carbonyl (C=O) groups is 1. The summed E-state index contributed by atoms with van der Waals surface area (Å²) in [5.41, 5.74) is 0. The Hall–Kier alpha value is -0.620. The fourth-order valence-corrected chi connectivity index (χ4v) is 2.50. The van der Waals surface area contributed by atoms with Gasteiger partial charge in [0.15, 0.2) is 0 Å². The molecule has 0 heterocycles. The number of rotatable bonds is 4. The topological polar surface area (TPSA) is 69.7 Å². The van der Waals surface area contributed by atoms with E-state index in [4.69, 9.17) is 8.92 Å². The normalized spacial score (nSPS) is 26.4. The summed E-state index contributed by atoms with van der Waals surface area (Å²) in [6.45, 7) is 0.0819. The summed E-state index contributed by atoms with van der Waals surface area (Å²) in [6, 6.07) is 0. The third-order valence-corrected chi connectivity index (χ3v) is 3.47. The predicted molar refractivity (Wildman–Crippen MR) is 58.3 cm³/mol. The Morgan fingerprint density at radius 2 is 1.94 bits per heavy atom. The molecule has 0 N–H and O–H groups in total. The molecule has 0 aromatic carbocycles. The summed E-state index contributed by atoms with van der Waals surface area (Å²) in [5.74, 6) is -0.529. The molecule has 0 aliphatic heterocycles. The van der Waals surface area contributed by atoms with Crippen molar-refractivity contribution in [1.29, 1.82) is 0 Å². The van der Waals surface area contributed by atoms with Crippen LogP contribution >= 0.6 is 0 Å². The molecular formula is C10H18O5S. The van der Waals surface area contributed by atoms with Crippen molar-refractivity contribution in [2.75, 3.05) is 20.0 Å². The Labute approximate surface area is 96.2 Å². The molecule has 0 bridgehead atoms. The fourth-order valence-electron chi connectivity index (χ4n) is 2.08. The molecule has 0 spiro atoms. The summed E-state index contributed by atoms with van der Waals surface area (Å²) in [5, 5.41) is 0. The second kappa shape index (κ2) is 5.63. The van der Waals surface area contributed by atoms with E-state index >= 15 is 0 Å². The minimum atomic E-state index is -3.43. The van der Waals surface area contributed by atoms with Gasteiger partial charge in [-0.15, -0.1) is 0 Å². The second-order valence-electron chi connectivity index (χ2n) is 4.16. The van der Waals surface area contributed by atoms with E-state index in [1.807, 2.05) is 0 Å². The van der Waals surface area contributed by atoms with Gasteiger partial charge in [-0.1, -0.05) is 12.8 Å². The number of hydrogen-bond donors (Lipinski definition) is 0. The highest BCUT2D eigenvalue weighted by molar-refractivity contribution is 7.85. The Morgan fingerprint density at radius 3 is 2.50 bits per heavy atom. The van der Waals surface area contributed by atoms with Crippen LogP contribution < -0.4 is 0 Å². The first-order valence-electron chi connectivity index (χ1n) is 5.36. The first-order chi connectivity index (χ1) is 7.44. The van der Waals surface area contributed by atoms with Gasteiger partial charge in [-0.25, -0.2) is 0 Å². The molecule has 0 saturated heterocycles. The average Bonchev–Trinajstić information content (AvgIpc) is 2.25. The summed E-state index contributed by atoms with van der Waals surface area (Å²) < 4.78 is 31.2. The van der Waals surface area contributed by atoms with Crippen molar-refractivity contribution in [2.24, 2.45) is 11.8 Å². The zero-order valence-corrected chi connectivity index (χ0v) is 10.5. The van der Waals surface area contributed by atoms with Crippen molar-refractivity contribution in [3.63, 3.8) is 0 Å². The molecule has 0 unspecified atom stereocenters. The molecule has 0 aromatic heterocycles. The van der Waals surface area contributed by atoms with Gasteiger partial charge in [-0.3, -0.25) is 8.98 Å². The quantitative estimate of drug-likeness (QED) is 0.548. The fraction of sp³-hybridized carbons (Fsp3) is 0.900. The van der Waals surface area contributed by atoms with Gasteiger partial charge in [-0.2, -0.15) is 8.42 Å². The van der Waals surface area contributed by atoms with E-state index in [-0.39, 0.29) is 24.4 Å². The van der Waals surface area contributed by atoms with Crippen LogP contribution in [0.15, 0.2) is 0 Å². The summed E-state index contributed by atoms with van der Waals surface area (Å²) in [6.07, 6.45) is 4.57. The zero-order chi connectivity index (χ0) is 12.2. The molecule has 5 nitrogen and oxygen atoms in total. The van der Waals surface area contributed by atoms with Gasteiger partial charge in [-0.05, 0) is 18.8 Å².